The van der Waals surface area contributed by atoms with Gasteiger partial charge in [-0.25, -0.2) is 5.90 Å². The van der Waals surface area contributed by atoms with E-state index in [0.29, 0.717) is 30.5 Å². The van der Waals surface area contributed by atoms with Crippen molar-refractivity contribution in [2.75, 3.05) is 86.3 Å². The minimum atomic E-state index is 0.338. The fourth-order valence-corrected chi connectivity index (χ4v) is 3.03. The highest BCUT2D eigenvalue weighted by molar-refractivity contribution is 8.76. The van der Waals surface area contributed by atoms with Gasteiger partial charge in [0, 0.05) is 11.5 Å². The predicted molar refractivity (Wildman–Crippen MR) is 170 cm³/mol. The molecule has 0 atom stereocenters. The molecule has 31 heavy (non-hydrogen) atoms. The van der Waals surface area contributed by atoms with Crippen molar-refractivity contribution >= 4 is 105 Å². The molecule has 0 aliphatic heterocycles. The summed E-state index contributed by atoms with van der Waals surface area (Å²) in [5, 5.41) is 4.00. The highest BCUT2D eigenvalue weighted by atomic mass is 33.1. The number of nitrogens with zero attached hydrogens (tertiary/aromatic N) is 1. The first-order valence-corrected chi connectivity index (χ1v) is 19.2. The molecule has 0 amide bonds. The summed E-state index contributed by atoms with van der Waals surface area (Å²) in [6.45, 7) is 5.03. The molecule has 5 nitrogen and oxygen atoms in total. The van der Waals surface area contributed by atoms with Crippen LogP contribution in [0, 0.1) is 0 Å². The van der Waals surface area contributed by atoms with Gasteiger partial charge in [0.15, 0.2) is 5.78 Å². The van der Waals surface area contributed by atoms with E-state index in [0.717, 1.165) is 17.2 Å². The molecule has 0 bridgehead atoms. The van der Waals surface area contributed by atoms with E-state index in [1.807, 2.05) is 26.4 Å². The molecule has 0 saturated carbocycles. The van der Waals surface area contributed by atoms with Crippen LogP contribution in [0.5, 0.6) is 0 Å². The summed E-state index contributed by atoms with van der Waals surface area (Å²) in [7, 11) is 3.55. The number of thiol groups is 2. The molecule has 0 heterocycles. The molecule has 194 valence electrons. The number of carbonyl (C=O) groups is 1. The standard InChI is InChI=1S/C7H15NOS2.C5H10OS2.C2H7NO.C2H6S2.2CH4S/c1-4-9-8-7(5-10-2)6-11-3;1-7-3-5(6)4-8-2;1-2-4-3;1-3-4-2;2*1-2/h4-6H2,1-3H3;3-4H2,1-2H3;2-3H2,1H3;1-2H3;2*2H,1H3. The Morgan fingerprint density at radius 3 is 1.26 bits per heavy atom. The molecule has 0 aromatic rings. The van der Waals surface area contributed by atoms with Crippen molar-refractivity contribution in [2.24, 2.45) is 11.1 Å². The molecule has 0 saturated heterocycles. The zero-order valence-corrected chi connectivity index (χ0v) is 27.5. The number of hydrogen-bond acceptors (Lipinski definition) is 13. The minimum absolute atomic E-state index is 0.338. The van der Waals surface area contributed by atoms with Crippen molar-refractivity contribution in [1.29, 1.82) is 0 Å². The molecule has 0 aliphatic rings. The number of hydrogen-bond donors (Lipinski definition) is 3. The van der Waals surface area contributed by atoms with Crippen LogP contribution in [0.25, 0.3) is 0 Å². The predicted octanol–water partition coefficient (Wildman–Crippen LogP) is 6.00. The van der Waals surface area contributed by atoms with Gasteiger partial charge in [-0.2, -0.15) is 72.3 Å². The number of oxime groups is 1. The normalized spacial score (nSPS) is 8.03. The fraction of sp³-hybridized carbons (Fsp3) is 0.889. The summed E-state index contributed by atoms with van der Waals surface area (Å²) in [6, 6.07) is 0. The summed E-state index contributed by atoms with van der Waals surface area (Å²) in [6.07, 6.45) is 15.5. The van der Waals surface area contributed by atoms with E-state index in [2.05, 4.69) is 66.2 Å². The Labute approximate surface area is 229 Å². The number of rotatable bonds is 12. The lowest BCUT2D eigenvalue weighted by atomic mass is 10.5. The molecule has 0 aliphatic carbocycles. The zero-order valence-electron chi connectivity index (χ0n) is 20.8. The Morgan fingerprint density at radius 2 is 1.06 bits per heavy atom. The highest BCUT2D eigenvalue weighted by Crippen LogP contribution is 2.09. The second kappa shape index (κ2) is 58.1. The molecule has 0 aromatic carbocycles. The van der Waals surface area contributed by atoms with Crippen LogP contribution in [0.15, 0.2) is 5.16 Å². The molecule has 0 radical (unpaired) electrons. The topological polar surface area (TPSA) is 73.9 Å². The first-order valence-electron chi connectivity index (χ1n) is 8.92. The number of thioether (sulfide) groups is 4. The lowest BCUT2D eigenvalue weighted by molar-refractivity contribution is -0.114. The molecular weight excluding hydrogens is 549 g/mol. The van der Waals surface area contributed by atoms with Gasteiger partial charge in [0.25, 0.3) is 0 Å². The maximum Gasteiger partial charge on any atom is 0.152 e. The van der Waals surface area contributed by atoms with Gasteiger partial charge >= 0.3 is 0 Å². The van der Waals surface area contributed by atoms with Gasteiger partial charge in [0.2, 0.25) is 0 Å². The molecule has 0 spiro atoms. The quantitative estimate of drug-likeness (QED) is 0.108. The Morgan fingerprint density at radius 1 is 0.742 bits per heavy atom. The number of carbonyl (C=O) groups excluding carboxylic acids is 1. The SMILES string of the molecule is CCON.CCON=C(CSC)CSC.CS.CS.CSCC(=O)CSC.CSSC. The number of Topliss-reactive ketones (excluding diaryl/α,β-unsaturated/α-hetero) is 1. The molecular formula is C18H46N2O3S8. The summed E-state index contributed by atoms with van der Waals surface area (Å²) in [5.74, 6) is 8.15. The molecule has 2 N–H and O–H groups in total. The van der Waals surface area contributed by atoms with Crippen molar-refractivity contribution < 1.29 is 14.5 Å². The number of ketones is 1. The van der Waals surface area contributed by atoms with E-state index in [9.17, 15) is 4.79 Å². The summed E-state index contributed by atoms with van der Waals surface area (Å²) >= 11 is 13.8. The van der Waals surface area contributed by atoms with Crippen molar-refractivity contribution in [1.82, 2.24) is 0 Å². The molecule has 13 heteroatoms. The molecule has 0 aromatic heterocycles. The first-order chi connectivity index (χ1) is 15.0. The Kier molecular flexibility index (Phi) is 86.6. The largest absolute Gasteiger partial charge is 0.396 e. The van der Waals surface area contributed by atoms with Gasteiger partial charge < -0.3 is 9.68 Å². The third-order valence-corrected chi connectivity index (χ3v) is 5.69. The van der Waals surface area contributed by atoms with E-state index in [1.54, 1.807) is 81.1 Å². The number of nitrogens with two attached hydrogens (primary N) is 1. The van der Waals surface area contributed by atoms with E-state index >= 15 is 0 Å². The van der Waals surface area contributed by atoms with E-state index in [-0.39, 0.29) is 0 Å². The smallest absolute Gasteiger partial charge is 0.152 e. The van der Waals surface area contributed by atoms with Crippen molar-refractivity contribution in [3.05, 3.63) is 0 Å². The van der Waals surface area contributed by atoms with E-state index in [4.69, 9.17) is 4.84 Å². The molecule has 0 unspecified atom stereocenters. The van der Waals surface area contributed by atoms with Crippen LogP contribution in [0.1, 0.15) is 13.8 Å². The van der Waals surface area contributed by atoms with Crippen LogP contribution in [0.4, 0.5) is 0 Å². The van der Waals surface area contributed by atoms with Crippen LogP contribution in [0.2, 0.25) is 0 Å². The maximum atomic E-state index is 10.6. The Balaban J connectivity index is -0.0000000685. The van der Waals surface area contributed by atoms with Crippen LogP contribution < -0.4 is 5.90 Å². The highest BCUT2D eigenvalue weighted by Gasteiger charge is 1.97. The second-order valence-corrected chi connectivity index (χ2v) is 10.3. The maximum absolute atomic E-state index is 10.6. The van der Waals surface area contributed by atoms with Crippen molar-refractivity contribution in [3.63, 3.8) is 0 Å². The van der Waals surface area contributed by atoms with Gasteiger partial charge in [0.05, 0.1) is 23.8 Å². The minimum Gasteiger partial charge on any atom is -0.396 e. The summed E-state index contributed by atoms with van der Waals surface area (Å²) in [4.78, 5) is 19.6. The van der Waals surface area contributed by atoms with E-state index < -0.39 is 0 Å². The van der Waals surface area contributed by atoms with Gasteiger partial charge in [-0.05, 0) is 63.9 Å². The third kappa shape index (κ3) is 72.0. The average molecular weight is 595 g/mol. The monoisotopic (exact) mass is 594 g/mol. The van der Waals surface area contributed by atoms with Gasteiger partial charge in [-0.15, -0.1) is 0 Å². The van der Waals surface area contributed by atoms with Crippen LogP contribution in [-0.2, 0) is 14.5 Å². The van der Waals surface area contributed by atoms with Gasteiger partial charge in [-0.3, -0.25) is 4.79 Å². The second-order valence-electron chi connectivity index (χ2n) is 4.13. The van der Waals surface area contributed by atoms with Crippen LogP contribution in [-0.4, -0.2) is 97.8 Å². The summed E-state index contributed by atoms with van der Waals surface area (Å²) in [5.41, 5.74) is 1.13. The zero-order chi connectivity index (χ0) is 25.8. The van der Waals surface area contributed by atoms with Crippen LogP contribution >= 0.6 is 93.9 Å². The average Bonchev–Trinajstić information content (AvgIpc) is 2.81. The fourth-order valence-electron chi connectivity index (χ4n) is 0.947. The lowest BCUT2D eigenvalue weighted by Crippen LogP contribution is -2.06. The molecule has 0 rings (SSSR count). The summed E-state index contributed by atoms with van der Waals surface area (Å²) < 4.78 is 0. The van der Waals surface area contributed by atoms with Gasteiger partial charge in [-0.1, -0.05) is 26.7 Å². The van der Waals surface area contributed by atoms with Crippen LogP contribution in [0.3, 0.4) is 0 Å². The van der Waals surface area contributed by atoms with Crippen molar-refractivity contribution in [3.8, 4) is 0 Å². The third-order valence-electron chi connectivity index (χ3n) is 1.89. The van der Waals surface area contributed by atoms with Crippen molar-refractivity contribution in [2.45, 2.75) is 13.8 Å². The lowest BCUT2D eigenvalue weighted by Gasteiger charge is -2.01. The van der Waals surface area contributed by atoms with E-state index in [1.165, 1.54) is 0 Å². The Bertz CT molecular complexity index is 283. The Hall–Kier alpha value is 1.86. The first kappa shape index (κ1) is 46.2. The van der Waals surface area contributed by atoms with Gasteiger partial charge in [0.1, 0.15) is 6.61 Å². The molecule has 0 fully saturated rings.